The first kappa shape index (κ1) is 23.8. The lowest BCUT2D eigenvalue weighted by molar-refractivity contribution is -0.151. The Morgan fingerprint density at radius 3 is 2.09 bits per heavy atom. The number of carboxylic acid groups (broad SMARTS) is 1. The van der Waals surface area contributed by atoms with Gasteiger partial charge in [-0.3, -0.25) is 14.5 Å². The average molecular weight is 454 g/mol. The first-order valence-electron chi connectivity index (χ1n) is 10.6. The molecule has 0 spiro atoms. The second kappa shape index (κ2) is 11.7. The number of carbonyl (C=O) groups is 4. The summed E-state index contributed by atoms with van der Waals surface area (Å²) in [5, 5.41) is 11.8. The average Bonchev–Trinajstić information content (AvgIpc) is 3.32. The van der Waals surface area contributed by atoms with E-state index in [0.717, 1.165) is 11.1 Å². The molecule has 0 radical (unpaired) electrons. The van der Waals surface area contributed by atoms with Gasteiger partial charge in [-0.05, 0) is 24.0 Å². The van der Waals surface area contributed by atoms with Crippen molar-refractivity contribution < 1.29 is 33.8 Å². The highest BCUT2D eigenvalue weighted by atomic mass is 16.6. The standard InChI is InChI=1S/C24H26N2O7/c27-21(32-15-17-8-3-1-4-9-17)14-19(23(29)30)25-22(28)20-12-7-13-26(20)24(31)33-16-18-10-5-2-6-11-18/h1-6,8-11,19-20H,7,12-16H2,(H,25,28)(H,29,30)/t19-,20+/m0/s1. The van der Waals surface area contributed by atoms with Crippen molar-refractivity contribution in [2.24, 2.45) is 0 Å². The number of esters is 1. The van der Waals surface area contributed by atoms with Gasteiger partial charge in [-0.1, -0.05) is 60.7 Å². The van der Waals surface area contributed by atoms with Crippen LogP contribution in [-0.4, -0.2) is 52.6 Å². The van der Waals surface area contributed by atoms with Crippen molar-refractivity contribution >= 4 is 23.9 Å². The van der Waals surface area contributed by atoms with Crippen molar-refractivity contribution in [3.05, 3.63) is 71.8 Å². The monoisotopic (exact) mass is 454 g/mol. The molecule has 1 heterocycles. The first-order valence-corrected chi connectivity index (χ1v) is 10.6. The Kier molecular flexibility index (Phi) is 8.40. The van der Waals surface area contributed by atoms with Crippen LogP contribution in [-0.2, 0) is 37.1 Å². The van der Waals surface area contributed by atoms with Gasteiger partial charge in [-0.2, -0.15) is 0 Å². The van der Waals surface area contributed by atoms with Gasteiger partial charge in [0.15, 0.2) is 0 Å². The molecule has 1 aliphatic heterocycles. The first-order chi connectivity index (χ1) is 15.9. The number of nitrogens with one attached hydrogen (secondary N) is 1. The minimum atomic E-state index is -1.47. The van der Waals surface area contributed by atoms with E-state index in [1.807, 2.05) is 36.4 Å². The van der Waals surface area contributed by atoms with E-state index >= 15 is 0 Å². The van der Waals surface area contributed by atoms with Gasteiger partial charge in [0.1, 0.15) is 25.3 Å². The maximum Gasteiger partial charge on any atom is 0.410 e. The molecular weight excluding hydrogens is 428 g/mol. The molecule has 0 unspecified atom stereocenters. The minimum Gasteiger partial charge on any atom is -0.480 e. The largest absolute Gasteiger partial charge is 0.480 e. The zero-order valence-corrected chi connectivity index (χ0v) is 18.0. The molecule has 1 fully saturated rings. The van der Waals surface area contributed by atoms with E-state index in [-0.39, 0.29) is 13.2 Å². The molecule has 1 aliphatic rings. The maximum absolute atomic E-state index is 12.7. The molecule has 9 heteroatoms. The number of nitrogens with zero attached hydrogens (tertiary/aromatic N) is 1. The van der Waals surface area contributed by atoms with E-state index in [4.69, 9.17) is 9.47 Å². The fraction of sp³-hybridized carbons (Fsp3) is 0.333. The van der Waals surface area contributed by atoms with Gasteiger partial charge in [0, 0.05) is 6.54 Å². The number of carbonyl (C=O) groups excluding carboxylic acids is 3. The SMILES string of the molecule is O=C(C[C@H](NC(=O)[C@H]1CCCN1C(=O)OCc1ccccc1)C(=O)O)OCc1ccccc1. The van der Waals surface area contributed by atoms with Gasteiger partial charge in [0.2, 0.25) is 5.91 Å². The summed E-state index contributed by atoms with van der Waals surface area (Å²) in [5.74, 6) is -2.76. The van der Waals surface area contributed by atoms with Crippen LogP contribution in [0, 0.1) is 0 Å². The molecule has 0 saturated carbocycles. The fourth-order valence-corrected chi connectivity index (χ4v) is 3.49. The summed E-state index contributed by atoms with van der Waals surface area (Å²) in [6.45, 7) is 0.391. The van der Waals surface area contributed by atoms with Gasteiger partial charge < -0.3 is 19.9 Å². The Hall–Kier alpha value is -3.88. The topological polar surface area (TPSA) is 122 Å². The highest BCUT2D eigenvalue weighted by Gasteiger charge is 2.37. The van der Waals surface area contributed by atoms with Crippen molar-refractivity contribution in [3.63, 3.8) is 0 Å². The highest BCUT2D eigenvalue weighted by molar-refractivity contribution is 5.91. The van der Waals surface area contributed by atoms with Gasteiger partial charge in [0.05, 0.1) is 6.42 Å². The van der Waals surface area contributed by atoms with Crippen LogP contribution in [0.1, 0.15) is 30.4 Å². The Morgan fingerprint density at radius 1 is 0.939 bits per heavy atom. The molecule has 9 nitrogen and oxygen atoms in total. The van der Waals surface area contributed by atoms with E-state index in [9.17, 15) is 24.3 Å². The lowest BCUT2D eigenvalue weighted by Crippen LogP contribution is -2.51. The van der Waals surface area contributed by atoms with Crippen LogP contribution in [0.3, 0.4) is 0 Å². The normalized spacial score (nSPS) is 16.0. The van der Waals surface area contributed by atoms with E-state index in [0.29, 0.717) is 19.4 Å². The number of hydrogen-bond donors (Lipinski definition) is 2. The number of rotatable bonds is 9. The predicted octanol–water partition coefficient (Wildman–Crippen LogP) is 2.49. The fourth-order valence-electron chi connectivity index (χ4n) is 3.49. The second-order valence-corrected chi connectivity index (χ2v) is 7.64. The van der Waals surface area contributed by atoms with Gasteiger partial charge in [0.25, 0.3) is 0 Å². The number of likely N-dealkylation sites (tertiary alicyclic amines) is 1. The number of hydrogen-bond acceptors (Lipinski definition) is 6. The summed E-state index contributed by atoms with van der Waals surface area (Å²) >= 11 is 0. The molecule has 2 N–H and O–H groups in total. The van der Waals surface area contributed by atoms with Gasteiger partial charge >= 0.3 is 18.0 Å². The van der Waals surface area contributed by atoms with Gasteiger partial charge in [-0.15, -0.1) is 0 Å². The van der Waals surface area contributed by atoms with Crippen molar-refractivity contribution in [1.29, 1.82) is 0 Å². The lowest BCUT2D eigenvalue weighted by Gasteiger charge is -2.24. The van der Waals surface area contributed by atoms with Crippen LogP contribution >= 0.6 is 0 Å². The Morgan fingerprint density at radius 2 is 1.52 bits per heavy atom. The molecular formula is C24H26N2O7. The summed E-state index contributed by atoms with van der Waals surface area (Å²) in [4.78, 5) is 50.2. The van der Waals surface area contributed by atoms with Crippen molar-refractivity contribution in [2.45, 2.75) is 44.6 Å². The third-order valence-corrected chi connectivity index (χ3v) is 5.22. The quantitative estimate of drug-likeness (QED) is 0.558. The molecule has 2 atom stereocenters. The van der Waals surface area contributed by atoms with Crippen LogP contribution in [0.5, 0.6) is 0 Å². The van der Waals surface area contributed by atoms with E-state index in [1.54, 1.807) is 24.3 Å². The third-order valence-electron chi connectivity index (χ3n) is 5.22. The molecule has 174 valence electrons. The number of aliphatic carboxylic acids is 1. The summed E-state index contributed by atoms with van der Waals surface area (Å²) in [5.41, 5.74) is 1.57. The van der Waals surface area contributed by atoms with Gasteiger partial charge in [-0.25, -0.2) is 9.59 Å². The Labute approximate surface area is 191 Å². The van der Waals surface area contributed by atoms with Crippen molar-refractivity contribution in [1.82, 2.24) is 10.2 Å². The Bertz CT molecular complexity index is 965. The van der Waals surface area contributed by atoms with Crippen LogP contribution in [0.4, 0.5) is 4.79 Å². The summed E-state index contributed by atoms with van der Waals surface area (Å²) < 4.78 is 10.4. The lowest BCUT2D eigenvalue weighted by atomic mass is 10.1. The Balaban J connectivity index is 1.52. The van der Waals surface area contributed by atoms with Crippen LogP contribution in [0.15, 0.2) is 60.7 Å². The molecule has 3 rings (SSSR count). The molecule has 2 aromatic carbocycles. The number of benzene rings is 2. The molecule has 0 bridgehead atoms. The minimum absolute atomic E-state index is 0.00359. The predicted molar refractivity (Wildman–Crippen MR) is 117 cm³/mol. The molecule has 1 saturated heterocycles. The summed E-state index contributed by atoms with van der Waals surface area (Å²) in [6.07, 6.45) is -0.225. The number of ether oxygens (including phenoxy) is 2. The highest BCUT2D eigenvalue weighted by Crippen LogP contribution is 2.19. The molecule has 0 aliphatic carbocycles. The van der Waals surface area contributed by atoms with Crippen molar-refractivity contribution in [2.75, 3.05) is 6.54 Å². The van der Waals surface area contributed by atoms with E-state index in [1.165, 1.54) is 4.90 Å². The van der Waals surface area contributed by atoms with E-state index < -0.39 is 42.4 Å². The number of carboxylic acids is 1. The van der Waals surface area contributed by atoms with Crippen LogP contribution < -0.4 is 5.32 Å². The van der Waals surface area contributed by atoms with Crippen molar-refractivity contribution in [3.8, 4) is 0 Å². The molecule has 33 heavy (non-hydrogen) atoms. The molecule has 2 amide bonds. The smallest absolute Gasteiger partial charge is 0.410 e. The second-order valence-electron chi connectivity index (χ2n) is 7.64. The molecule has 0 aromatic heterocycles. The molecule has 2 aromatic rings. The van der Waals surface area contributed by atoms with E-state index in [2.05, 4.69) is 5.32 Å². The maximum atomic E-state index is 12.7. The number of amides is 2. The van der Waals surface area contributed by atoms with Crippen LogP contribution in [0.2, 0.25) is 0 Å². The van der Waals surface area contributed by atoms with Crippen LogP contribution in [0.25, 0.3) is 0 Å². The zero-order chi connectivity index (χ0) is 23.6. The summed E-state index contributed by atoms with van der Waals surface area (Å²) in [6, 6.07) is 15.8. The zero-order valence-electron chi connectivity index (χ0n) is 18.0. The summed E-state index contributed by atoms with van der Waals surface area (Å²) in [7, 11) is 0. The third kappa shape index (κ3) is 7.06.